The normalized spacial score (nSPS) is 8.00. The predicted octanol–water partition coefficient (Wildman–Crippen LogP) is -0.0133. The van der Waals surface area contributed by atoms with Gasteiger partial charge in [0.2, 0.25) is 0 Å². The Balaban J connectivity index is 0. The van der Waals surface area contributed by atoms with E-state index in [0.29, 0.717) is 0 Å². The van der Waals surface area contributed by atoms with Gasteiger partial charge in [-0.05, 0) is 0 Å². The maximum atomic E-state index is 10.4. The third-order valence-electron chi connectivity index (χ3n) is 0.0583. The van der Waals surface area contributed by atoms with Crippen molar-refractivity contribution in [3.63, 3.8) is 0 Å². The zero-order valence-corrected chi connectivity index (χ0v) is 5.40. The largest absolute Gasteiger partial charge is 0.412 e. The van der Waals surface area contributed by atoms with Crippen molar-refractivity contribution in [1.82, 2.24) is 0 Å². The first-order valence-corrected chi connectivity index (χ1v) is 4.06. The van der Waals surface area contributed by atoms with Gasteiger partial charge in [0, 0.05) is 0 Å². The maximum Gasteiger partial charge on any atom is -0.412 e. The topological polar surface area (TPSA) is 40.7 Å². The maximum absolute atomic E-state index is 10.4. The summed E-state index contributed by atoms with van der Waals surface area (Å²) in [4.78, 5) is 0. The van der Waals surface area contributed by atoms with Crippen LogP contribution in [0.1, 0.15) is 0 Å². The summed E-state index contributed by atoms with van der Waals surface area (Å²) in [6, 6.07) is 0. The Kier molecular flexibility index (Phi) is 8.92. The van der Waals surface area contributed by atoms with E-state index in [1.165, 1.54) is 0 Å². The van der Waals surface area contributed by atoms with Crippen LogP contribution in [0.5, 0.6) is 0 Å². The van der Waals surface area contributed by atoms with E-state index in [1.54, 1.807) is 0 Å². The molecule has 0 rings (SSSR count). The minimum atomic E-state index is -4.75. The first kappa shape index (κ1) is 9.72. The fraction of sp³-hybridized carbons (Fsp3) is 0. The van der Waals surface area contributed by atoms with Crippen LogP contribution in [0.2, 0.25) is 0 Å². The van der Waals surface area contributed by atoms with Crippen LogP contribution in [0, 0.1) is 0 Å². The van der Waals surface area contributed by atoms with Crippen LogP contribution in [-0.4, -0.2) is 26.8 Å². The Morgan fingerprint density at radius 2 is 1.50 bits per heavy atom. The van der Waals surface area contributed by atoms with Crippen molar-refractivity contribution in [2.45, 2.75) is 0 Å². The van der Waals surface area contributed by atoms with Crippen LogP contribution in [0.4, 0.5) is 10.3 Å². The zero-order chi connectivity index (χ0) is 4.28. The van der Waals surface area contributed by atoms with Gasteiger partial charge in [-0.3, -0.25) is 0 Å². The first-order chi connectivity index (χ1) is 2.27. The zero-order valence-electron chi connectivity index (χ0n) is 2.54. The SMILES string of the molecule is F[O][Sn]([F])[F].O. The van der Waals surface area contributed by atoms with Gasteiger partial charge < -0.3 is 5.48 Å². The molecule has 0 atom stereocenters. The Bertz CT molecular complexity index is 22.8. The molecule has 1 radical (unpaired) electrons. The van der Waals surface area contributed by atoms with Gasteiger partial charge in [-0.25, -0.2) is 0 Å². The van der Waals surface area contributed by atoms with E-state index in [2.05, 4.69) is 3.28 Å². The van der Waals surface area contributed by atoms with E-state index in [9.17, 15) is 10.3 Å². The Hall–Kier alpha value is 0.509. The number of hydrogen-bond donors (Lipinski definition) is 0. The van der Waals surface area contributed by atoms with E-state index in [0.717, 1.165) is 0 Å². The number of rotatable bonds is 1. The van der Waals surface area contributed by atoms with Crippen molar-refractivity contribution in [3.8, 4) is 0 Å². The van der Waals surface area contributed by atoms with Crippen molar-refractivity contribution in [3.05, 3.63) is 0 Å². The van der Waals surface area contributed by atoms with Gasteiger partial charge in [0.25, 0.3) is 0 Å². The molecule has 2 N–H and O–H groups in total. The summed E-state index contributed by atoms with van der Waals surface area (Å²) in [5.41, 5.74) is 0. The molecule has 0 aromatic heterocycles. The average molecular weight is 210 g/mol. The van der Waals surface area contributed by atoms with E-state index in [1.807, 2.05) is 0 Å². The Morgan fingerprint density at radius 3 is 1.50 bits per heavy atom. The van der Waals surface area contributed by atoms with Gasteiger partial charge in [0.1, 0.15) is 0 Å². The molecule has 0 aromatic carbocycles. The fourth-order valence-electron chi connectivity index (χ4n) is 0. The van der Waals surface area contributed by atoms with Gasteiger partial charge in [-0.1, -0.05) is 0 Å². The standard InChI is InChI=1S/FO.2FH.H2O.Sn/c1-2;;;;/h;2*1H;1H2;/q-1;;;;+3/p-2. The van der Waals surface area contributed by atoms with Gasteiger partial charge in [0.15, 0.2) is 0 Å². The molecule has 0 saturated carbocycles. The van der Waals surface area contributed by atoms with Crippen LogP contribution in [0.3, 0.4) is 0 Å². The monoisotopic (exact) mass is 211 g/mol. The van der Waals surface area contributed by atoms with Crippen molar-refractivity contribution in [2.75, 3.05) is 0 Å². The third kappa shape index (κ3) is 8.82. The summed E-state index contributed by atoms with van der Waals surface area (Å²) >= 11 is -4.75. The number of halogens is 3. The van der Waals surface area contributed by atoms with Gasteiger partial charge in [0.05, 0.1) is 0 Å². The molecule has 0 heterocycles. The smallest absolute Gasteiger partial charge is 0.412 e. The van der Waals surface area contributed by atoms with Gasteiger partial charge >= 0.3 is 34.9 Å². The van der Waals surface area contributed by atoms with Crippen molar-refractivity contribution < 1.29 is 19.0 Å². The van der Waals surface area contributed by atoms with Gasteiger partial charge in [-0.2, -0.15) is 0 Å². The molecule has 0 fully saturated rings. The minimum absolute atomic E-state index is 0. The molecule has 0 aliphatic heterocycles. The van der Waals surface area contributed by atoms with Crippen molar-refractivity contribution >= 4 is 21.3 Å². The molecule has 0 aromatic rings. The Labute approximate surface area is 41.0 Å². The van der Waals surface area contributed by atoms with Crippen molar-refractivity contribution in [1.29, 1.82) is 0 Å². The molecule has 0 aliphatic carbocycles. The van der Waals surface area contributed by atoms with Crippen LogP contribution in [0.15, 0.2) is 0 Å². The molecule has 39 valence electrons. The van der Waals surface area contributed by atoms with E-state index in [-0.39, 0.29) is 5.48 Å². The minimum Gasteiger partial charge on any atom is -0.412 e. The summed E-state index contributed by atoms with van der Waals surface area (Å²) in [6.07, 6.45) is 0. The summed E-state index contributed by atoms with van der Waals surface area (Å²) in [7, 11) is 0. The molecule has 0 saturated heterocycles. The van der Waals surface area contributed by atoms with Crippen LogP contribution >= 0.6 is 0 Å². The molecule has 0 unspecified atom stereocenters. The molecular formula is H2F3O2Sn. The Morgan fingerprint density at radius 1 is 1.33 bits per heavy atom. The first-order valence-electron chi connectivity index (χ1n) is 0.736. The molecule has 2 nitrogen and oxygen atoms in total. The predicted molar refractivity (Wildman–Crippen MR) is 13.8 cm³/mol. The summed E-state index contributed by atoms with van der Waals surface area (Å²) < 4.78 is 32.8. The van der Waals surface area contributed by atoms with Gasteiger partial charge in [-0.15, -0.1) is 0 Å². The molecule has 0 amide bonds. The molecule has 0 bridgehead atoms. The second kappa shape index (κ2) is 5.51. The molecule has 6 heavy (non-hydrogen) atoms. The number of hydrogen-bond acceptors (Lipinski definition) is 1. The van der Waals surface area contributed by atoms with Crippen LogP contribution in [-0.2, 0) is 3.28 Å². The summed E-state index contributed by atoms with van der Waals surface area (Å²) in [5, 5.41) is 0. The third-order valence-corrected chi connectivity index (χ3v) is 0.391. The van der Waals surface area contributed by atoms with Crippen molar-refractivity contribution in [2.24, 2.45) is 0 Å². The summed E-state index contributed by atoms with van der Waals surface area (Å²) in [5.74, 6) is 0. The van der Waals surface area contributed by atoms with Crippen LogP contribution < -0.4 is 0 Å². The van der Waals surface area contributed by atoms with E-state index in [4.69, 9.17) is 0 Å². The second-order valence-electron chi connectivity index (χ2n) is 0.303. The summed E-state index contributed by atoms with van der Waals surface area (Å²) in [6.45, 7) is 0. The quantitative estimate of drug-likeness (QED) is 0.560. The second-order valence-corrected chi connectivity index (χ2v) is 2.03. The van der Waals surface area contributed by atoms with Crippen LogP contribution in [0.25, 0.3) is 0 Å². The molecule has 0 spiro atoms. The van der Waals surface area contributed by atoms with E-state index >= 15 is 0 Å². The average Bonchev–Trinajstić information content (AvgIpc) is 1.38. The van der Waals surface area contributed by atoms with E-state index < -0.39 is 21.3 Å². The molecule has 0 aliphatic rings. The fourth-order valence-corrected chi connectivity index (χ4v) is 0. The molecular weight excluding hydrogens is 208 g/mol. The molecule has 6 heteroatoms.